The molecule has 1 heterocycles. The van der Waals surface area contributed by atoms with Crippen LogP contribution in [-0.2, 0) is 4.57 Å². The number of aromatic nitrogens is 2. The van der Waals surface area contributed by atoms with Crippen molar-refractivity contribution >= 4 is 23.2 Å². The Hall–Kier alpha value is -2.25. The molecule has 0 spiro atoms. The Labute approximate surface area is 117 Å². The van der Waals surface area contributed by atoms with Crippen LogP contribution in [0.2, 0.25) is 0 Å². The summed E-state index contributed by atoms with van der Waals surface area (Å²) in [5.41, 5.74) is 0.511. The summed E-state index contributed by atoms with van der Waals surface area (Å²) in [5, 5.41) is 1.54. The second-order valence-corrected chi connectivity index (χ2v) is 7.05. The second kappa shape index (κ2) is 5.40. The molecule has 0 unspecified atom stereocenters. The summed E-state index contributed by atoms with van der Waals surface area (Å²) in [5.74, 6) is 0. The van der Waals surface area contributed by atoms with Gasteiger partial charge in [0, 0.05) is 23.0 Å². The smallest absolute Gasteiger partial charge is 0.190 e. The zero-order valence-electron chi connectivity index (χ0n) is 10.8. The molecular weight excluding hydrogens is 267 g/mol. The maximum absolute atomic E-state index is 13.7. The molecule has 20 heavy (non-hydrogen) atoms. The van der Waals surface area contributed by atoms with E-state index in [2.05, 4.69) is 9.97 Å². The Morgan fingerprint density at radius 3 is 1.75 bits per heavy atom. The largest absolute Gasteiger partial charge is 0.307 e. The van der Waals surface area contributed by atoms with Gasteiger partial charge in [-0.15, -0.1) is 0 Å². The van der Waals surface area contributed by atoms with Crippen LogP contribution in [0.4, 0.5) is 0 Å². The van der Waals surface area contributed by atoms with Gasteiger partial charge >= 0.3 is 0 Å². The average Bonchev–Trinajstić information content (AvgIpc) is 2.56. The van der Waals surface area contributed by atoms with E-state index in [1.54, 1.807) is 18.6 Å². The molecule has 3 rings (SSSR count). The minimum atomic E-state index is -2.95. The Balaban J connectivity index is 2.27. The van der Waals surface area contributed by atoms with Crippen molar-refractivity contribution in [2.24, 2.45) is 0 Å². The van der Waals surface area contributed by atoms with Gasteiger partial charge in [-0.25, -0.2) is 4.98 Å². The van der Waals surface area contributed by atoms with Crippen LogP contribution in [0.3, 0.4) is 0 Å². The number of benzene rings is 2. The van der Waals surface area contributed by atoms with Crippen LogP contribution in [0.25, 0.3) is 0 Å². The van der Waals surface area contributed by atoms with Crippen molar-refractivity contribution in [1.82, 2.24) is 9.97 Å². The summed E-state index contributed by atoms with van der Waals surface area (Å²) < 4.78 is 13.7. The molecule has 0 amide bonds. The van der Waals surface area contributed by atoms with E-state index in [0.717, 1.165) is 10.6 Å². The van der Waals surface area contributed by atoms with Gasteiger partial charge in [-0.3, -0.25) is 4.98 Å². The van der Waals surface area contributed by atoms with Gasteiger partial charge in [0.2, 0.25) is 0 Å². The molecule has 0 aliphatic heterocycles. The lowest BCUT2D eigenvalue weighted by atomic mass is 10.4. The molecule has 98 valence electrons. The van der Waals surface area contributed by atoms with Crippen molar-refractivity contribution in [3.05, 3.63) is 79.3 Å². The van der Waals surface area contributed by atoms with Gasteiger partial charge in [-0.2, -0.15) is 0 Å². The van der Waals surface area contributed by atoms with E-state index in [9.17, 15) is 4.57 Å². The minimum absolute atomic E-state index is 0.511. The standard InChI is InChI=1S/C16H13N2OP/c19-20(14-7-3-1-4-8-14,15-9-5-2-6-10-15)16-13-17-11-12-18-16/h1-13H. The highest BCUT2D eigenvalue weighted by atomic mass is 31.2. The summed E-state index contributed by atoms with van der Waals surface area (Å²) in [6.45, 7) is 0. The van der Waals surface area contributed by atoms with Crippen LogP contribution >= 0.6 is 7.14 Å². The van der Waals surface area contributed by atoms with Crippen molar-refractivity contribution in [3.63, 3.8) is 0 Å². The fourth-order valence-corrected chi connectivity index (χ4v) is 4.61. The average molecular weight is 280 g/mol. The molecule has 0 N–H and O–H groups in total. The first-order chi connectivity index (χ1) is 9.82. The molecule has 0 saturated carbocycles. The van der Waals surface area contributed by atoms with Gasteiger partial charge in [0.05, 0.1) is 6.20 Å². The van der Waals surface area contributed by atoms with Gasteiger partial charge in [0.15, 0.2) is 7.14 Å². The lowest BCUT2D eigenvalue weighted by Gasteiger charge is -2.18. The zero-order valence-corrected chi connectivity index (χ0v) is 11.6. The predicted octanol–water partition coefficient (Wildman–Crippen LogP) is 2.12. The molecule has 0 atom stereocenters. The van der Waals surface area contributed by atoms with E-state index >= 15 is 0 Å². The van der Waals surface area contributed by atoms with E-state index in [-0.39, 0.29) is 0 Å². The molecule has 3 aromatic rings. The number of rotatable bonds is 3. The third-order valence-electron chi connectivity index (χ3n) is 3.11. The molecule has 0 aliphatic rings. The summed E-state index contributed by atoms with van der Waals surface area (Å²) in [6, 6.07) is 18.9. The first kappa shape index (κ1) is 12.8. The lowest BCUT2D eigenvalue weighted by molar-refractivity contribution is 0.592. The third kappa shape index (κ3) is 2.17. The molecule has 0 saturated heterocycles. The van der Waals surface area contributed by atoms with Crippen molar-refractivity contribution in [3.8, 4) is 0 Å². The molecule has 3 nitrogen and oxygen atoms in total. The van der Waals surface area contributed by atoms with E-state index in [0.29, 0.717) is 5.44 Å². The SMILES string of the molecule is O=P(c1ccccc1)(c1ccccc1)c1cnccn1. The quantitative estimate of drug-likeness (QED) is 0.690. The molecular formula is C16H13N2OP. The van der Waals surface area contributed by atoms with E-state index in [1.807, 2.05) is 60.7 Å². The van der Waals surface area contributed by atoms with Crippen LogP contribution in [0, 0.1) is 0 Å². The van der Waals surface area contributed by atoms with Crippen molar-refractivity contribution in [2.45, 2.75) is 0 Å². The summed E-state index contributed by atoms with van der Waals surface area (Å²) in [6.07, 6.45) is 4.75. The van der Waals surface area contributed by atoms with Gasteiger partial charge < -0.3 is 4.57 Å². The second-order valence-electron chi connectivity index (χ2n) is 4.34. The fraction of sp³-hybridized carbons (Fsp3) is 0. The Bertz CT molecular complexity index is 627. The predicted molar refractivity (Wildman–Crippen MR) is 81.4 cm³/mol. The maximum atomic E-state index is 13.7. The zero-order chi connectivity index (χ0) is 13.8. The van der Waals surface area contributed by atoms with E-state index in [4.69, 9.17) is 0 Å². The Morgan fingerprint density at radius 1 is 0.750 bits per heavy atom. The topological polar surface area (TPSA) is 42.9 Å². The summed E-state index contributed by atoms with van der Waals surface area (Å²) in [7, 11) is -2.95. The number of hydrogen-bond acceptors (Lipinski definition) is 3. The third-order valence-corrected chi connectivity index (χ3v) is 6.04. The van der Waals surface area contributed by atoms with Gasteiger partial charge in [0.25, 0.3) is 0 Å². The fourth-order valence-electron chi connectivity index (χ4n) is 2.14. The molecule has 0 radical (unpaired) electrons. The van der Waals surface area contributed by atoms with Crippen LogP contribution in [-0.4, -0.2) is 9.97 Å². The first-order valence-corrected chi connectivity index (χ1v) is 8.00. The Kier molecular flexibility index (Phi) is 3.44. The number of nitrogens with zero attached hydrogens (tertiary/aromatic N) is 2. The van der Waals surface area contributed by atoms with Crippen LogP contribution in [0.5, 0.6) is 0 Å². The maximum Gasteiger partial charge on any atom is 0.190 e. The van der Waals surface area contributed by atoms with Crippen molar-refractivity contribution in [2.75, 3.05) is 0 Å². The highest BCUT2D eigenvalue weighted by Crippen LogP contribution is 2.40. The lowest BCUT2D eigenvalue weighted by Crippen LogP contribution is -2.27. The highest BCUT2D eigenvalue weighted by molar-refractivity contribution is 7.85. The van der Waals surface area contributed by atoms with Crippen molar-refractivity contribution < 1.29 is 4.57 Å². The van der Waals surface area contributed by atoms with E-state index in [1.165, 1.54) is 0 Å². The van der Waals surface area contributed by atoms with Crippen LogP contribution < -0.4 is 16.0 Å². The molecule has 0 bridgehead atoms. The monoisotopic (exact) mass is 280 g/mol. The highest BCUT2D eigenvalue weighted by Gasteiger charge is 2.30. The normalized spacial score (nSPS) is 11.2. The van der Waals surface area contributed by atoms with Crippen molar-refractivity contribution in [1.29, 1.82) is 0 Å². The Morgan fingerprint density at radius 2 is 1.30 bits per heavy atom. The summed E-state index contributed by atoms with van der Waals surface area (Å²) in [4.78, 5) is 8.35. The van der Waals surface area contributed by atoms with Crippen LogP contribution in [0.15, 0.2) is 79.3 Å². The molecule has 2 aromatic carbocycles. The van der Waals surface area contributed by atoms with Crippen LogP contribution in [0.1, 0.15) is 0 Å². The van der Waals surface area contributed by atoms with E-state index < -0.39 is 7.14 Å². The summed E-state index contributed by atoms with van der Waals surface area (Å²) >= 11 is 0. The van der Waals surface area contributed by atoms with Gasteiger partial charge in [-0.1, -0.05) is 60.7 Å². The molecule has 1 aromatic heterocycles. The van der Waals surface area contributed by atoms with Gasteiger partial charge in [-0.05, 0) is 0 Å². The first-order valence-electron chi connectivity index (χ1n) is 6.29. The molecule has 4 heteroatoms. The molecule has 0 fully saturated rings. The minimum Gasteiger partial charge on any atom is -0.307 e. The van der Waals surface area contributed by atoms with Gasteiger partial charge in [0.1, 0.15) is 5.44 Å². The number of hydrogen-bond donors (Lipinski definition) is 0. The molecule has 0 aliphatic carbocycles.